The van der Waals surface area contributed by atoms with Crippen LogP contribution >= 0.6 is 0 Å². The third-order valence-electron chi connectivity index (χ3n) is 4.53. The van der Waals surface area contributed by atoms with Crippen molar-refractivity contribution in [2.75, 3.05) is 0 Å². The molecule has 0 heterocycles. The quantitative estimate of drug-likeness (QED) is 0.586. The summed E-state index contributed by atoms with van der Waals surface area (Å²) in [6.07, 6.45) is 9.86. The zero-order valence-corrected chi connectivity index (χ0v) is 12.0. The van der Waals surface area contributed by atoms with Crippen LogP contribution in [0.2, 0.25) is 0 Å². The first-order valence-corrected chi connectivity index (χ1v) is 6.75. The van der Waals surface area contributed by atoms with E-state index >= 15 is 0 Å². The van der Waals surface area contributed by atoms with Gasteiger partial charge in [-0.05, 0) is 42.1 Å². The van der Waals surface area contributed by atoms with Crippen molar-refractivity contribution in [1.82, 2.24) is 0 Å². The van der Waals surface area contributed by atoms with E-state index in [-0.39, 0.29) is 0 Å². The van der Waals surface area contributed by atoms with Gasteiger partial charge in [-0.25, -0.2) is 0 Å². The lowest BCUT2D eigenvalue weighted by atomic mass is 9.72. The molecular formula is C16H28. The van der Waals surface area contributed by atoms with E-state index in [1.807, 2.05) is 0 Å². The van der Waals surface area contributed by atoms with Gasteiger partial charge in [0.15, 0.2) is 0 Å². The van der Waals surface area contributed by atoms with Crippen molar-refractivity contribution >= 4 is 0 Å². The van der Waals surface area contributed by atoms with Crippen molar-refractivity contribution in [3.63, 3.8) is 0 Å². The van der Waals surface area contributed by atoms with Gasteiger partial charge in [-0.2, -0.15) is 0 Å². The fourth-order valence-electron chi connectivity index (χ4n) is 2.14. The van der Waals surface area contributed by atoms with Crippen LogP contribution in [0.25, 0.3) is 0 Å². The van der Waals surface area contributed by atoms with Crippen molar-refractivity contribution in [3.05, 3.63) is 23.3 Å². The SMILES string of the molecule is CCC(C)(C)C1=CCCC(C(C)(C)CC)=C1. The van der Waals surface area contributed by atoms with E-state index in [0.717, 1.165) is 0 Å². The normalized spacial score (nSPS) is 18.1. The Balaban J connectivity index is 2.97. The lowest BCUT2D eigenvalue weighted by Crippen LogP contribution is -2.19. The van der Waals surface area contributed by atoms with Gasteiger partial charge < -0.3 is 0 Å². The van der Waals surface area contributed by atoms with Crippen LogP contribution in [0.1, 0.15) is 67.2 Å². The summed E-state index contributed by atoms with van der Waals surface area (Å²) in [6.45, 7) is 14.0. The summed E-state index contributed by atoms with van der Waals surface area (Å²) in [5, 5.41) is 0. The average molecular weight is 220 g/mol. The first kappa shape index (κ1) is 13.5. The van der Waals surface area contributed by atoms with Crippen molar-refractivity contribution in [3.8, 4) is 0 Å². The molecule has 0 nitrogen and oxygen atoms in total. The molecule has 1 rings (SSSR count). The number of rotatable bonds is 4. The Morgan fingerprint density at radius 3 is 2.06 bits per heavy atom. The van der Waals surface area contributed by atoms with Gasteiger partial charge in [-0.3, -0.25) is 0 Å². The molecule has 0 aromatic heterocycles. The van der Waals surface area contributed by atoms with E-state index in [9.17, 15) is 0 Å². The van der Waals surface area contributed by atoms with E-state index in [1.165, 1.54) is 25.7 Å². The minimum absolute atomic E-state index is 0.343. The lowest BCUT2D eigenvalue weighted by molar-refractivity contribution is 0.398. The van der Waals surface area contributed by atoms with Crippen molar-refractivity contribution < 1.29 is 0 Å². The maximum absolute atomic E-state index is 2.48. The van der Waals surface area contributed by atoms with Crippen LogP contribution < -0.4 is 0 Å². The molecule has 0 atom stereocenters. The Bertz CT molecular complexity index is 300. The second kappa shape index (κ2) is 4.77. The fraction of sp³-hybridized carbons (Fsp3) is 0.750. The highest BCUT2D eigenvalue weighted by Crippen LogP contribution is 2.41. The Labute approximate surface area is 102 Å². The summed E-state index contributed by atoms with van der Waals surface area (Å²) in [5.74, 6) is 0. The largest absolute Gasteiger partial charge is 0.0805 e. The van der Waals surface area contributed by atoms with Crippen LogP contribution in [0.5, 0.6) is 0 Å². The van der Waals surface area contributed by atoms with Crippen LogP contribution in [0.4, 0.5) is 0 Å². The Kier molecular flexibility index (Phi) is 4.04. The Morgan fingerprint density at radius 1 is 1.00 bits per heavy atom. The average Bonchev–Trinajstić information content (AvgIpc) is 2.29. The van der Waals surface area contributed by atoms with Gasteiger partial charge in [0.1, 0.15) is 0 Å². The molecule has 16 heavy (non-hydrogen) atoms. The van der Waals surface area contributed by atoms with Crippen molar-refractivity contribution in [2.24, 2.45) is 10.8 Å². The first-order chi connectivity index (χ1) is 7.33. The molecule has 0 unspecified atom stereocenters. The van der Waals surface area contributed by atoms with Gasteiger partial charge in [-0.15, -0.1) is 0 Å². The smallest absolute Gasteiger partial charge is 0.0109 e. The zero-order chi connectivity index (χ0) is 12.4. The highest BCUT2D eigenvalue weighted by atomic mass is 14.3. The summed E-state index contributed by atoms with van der Waals surface area (Å²) < 4.78 is 0. The molecule has 0 N–H and O–H groups in total. The standard InChI is InChI=1S/C16H28/c1-7-15(3,4)13-10-9-11-14(12-13)16(5,6)8-2/h10,12H,7-9,11H2,1-6H3. The molecule has 0 radical (unpaired) electrons. The summed E-state index contributed by atoms with van der Waals surface area (Å²) >= 11 is 0. The second-order valence-electron chi connectivity index (χ2n) is 6.34. The summed E-state index contributed by atoms with van der Waals surface area (Å²) in [7, 11) is 0. The zero-order valence-electron chi connectivity index (χ0n) is 12.0. The molecule has 0 aliphatic heterocycles. The second-order valence-corrected chi connectivity index (χ2v) is 6.34. The third-order valence-corrected chi connectivity index (χ3v) is 4.53. The van der Waals surface area contributed by atoms with Crippen LogP contribution in [0, 0.1) is 10.8 Å². The minimum atomic E-state index is 0.343. The van der Waals surface area contributed by atoms with Crippen LogP contribution in [-0.4, -0.2) is 0 Å². The minimum Gasteiger partial charge on any atom is -0.0805 e. The Morgan fingerprint density at radius 2 is 1.56 bits per heavy atom. The predicted molar refractivity (Wildman–Crippen MR) is 73.5 cm³/mol. The monoisotopic (exact) mass is 220 g/mol. The van der Waals surface area contributed by atoms with Crippen molar-refractivity contribution in [2.45, 2.75) is 67.2 Å². The molecule has 0 heteroatoms. The van der Waals surface area contributed by atoms with Gasteiger partial charge in [0.2, 0.25) is 0 Å². The van der Waals surface area contributed by atoms with Crippen molar-refractivity contribution in [1.29, 1.82) is 0 Å². The molecule has 0 spiro atoms. The van der Waals surface area contributed by atoms with Gasteiger partial charge in [0.25, 0.3) is 0 Å². The van der Waals surface area contributed by atoms with E-state index in [4.69, 9.17) is 0 Å². The summed E-state index contributed by atoms with van der Waals surface area (Å²) in [4.78, 5) is 0. The van der Waals surface area contributed by atoms with E-state index in [0.29, 0.717) is 10.8 Å². The van der Waals surface area contributed by atoms with Crippen LogP contribution in [0.15, 0.2) is 23.3 Å². The molecule has 0 fully saturated rings. The molecule has 0 saturated heterocycles. The fourth-order valence-corrected chi connectivity index (χ4v) is 2.14. The third kappa shape index (κ3) is 2.78. The topological polar surface area (TPSA) is 0 Å². The molecular weight excluding hydrogens is 192 g/mol. The lowest BCUT2D eigenvalue weighted by Gasteiger charge is -2.33. The number of allylic oxidation sites excluding steroid dienone is 4. The molecule has 0 amide bonds. The summed E-state index contributed by atoms with van der Waals surface area (Å²) in [5.41, 5.74) is 3.92. The molecule has 1 aliphatic carbocycles. The first-order valence-electron chi connectivity index (χ1n) is 6.75. The van der Waals surface area contributed by atoms with E-state index in [2.05, 4.69) is 53.7 Å². The van der Waals surface area contributed by atoms with Crippen LogP contribution in [0.3, 0.4) is 0 Å². The Hall–Kier alpha value is -0.520. The predicted octanol–water partition coefficient (Wildman–Crippen LogP) is 5.51. The highest BCUT2D eigenvalue weighted by molar-refractivity contribution is 5.34. The molecule has 0 saturated carbocycles. The number of hydrogen-bond acceptors (Lipinski definition) is 0. The number of hydrogen-bond donors (Lipinski definition) is 0. The van der Waals surface area contributed by atoms with Crippen LogP contribution in [-0.2, 0) is 0 Å². The van der Waals surface area contributed by atoms with Gasteiger partial charge in [0, 0.05) is 0 Å². The van der Waals surface area contributed by atoms with Gasteiger partial charge in [0.05, 0.1) is 0 Å². The molecule has 0 bridgehead atoms. The maximum atomic E-state index is 2.48. The van der Waals surface area contributed by atoms with Gasteiger partial charge in [-0.1, -0.05) is 59.3 Å². The highest BCUT2D eigenvalue weighted by Gasteiger charge is 2.26. The molecule has 0 aromatic carbocycles. The van der Waals surface area contributed by atoms with E-state index < -0.39 is 0 Å². The molecule has 0 aromatic rings. The molecule has 1 aliphatic rings. The van der Waals surface area contributed by atoms with Gasteiger partial charge >= 0.3 is 0 Å². The maximum Gasteiger partial charge on any atom is -0.0109 e. The molecule has 92 valence electrons. The van der Waals surface area contributed by atoms with E-state index in [1.54, 1.807) is 11.1 Å². The summed E-state index contributed by atoms with van der Waals surface area (Å²) in [6, 6.07) is 0.